The number of carboxylic acid groups (broad SMARTS) is 1. The highest BCUT2D eigenvalue weighted by molar-refractivity contribution is 5.68. The second kappa shape index (κ2) is 4.67. The number of nitrogens with zero attached hydrogens (tertiary/aromatic N) is 2. The minimum atomic E-state index is -1.90. The van der Waals surface area contributed by atoms with Gasteiger partial charge in [0, 0.05) is 11.4 Å². The van der Waals surface area contributed by atoms with Gasteiger partial charge in [-0.1, -0.05) is 10.7 Å². The van der Waals surface area contributed by atoms with E-state index in [0.717, 1.165) is 0 Å². The van der Waals surface area contributed by atoms with Gasteiger partial charge in [-0.15, -0.1) is 6.58 Å². The summed E-state index contributed by atoms with van der Waals surface area (Å²) in [5, 5.41) is 31.1. The van der Waals surface area contributed by atoms with Crippen LogP contribution in [-0.4, -0.2) is 46.0 Å². The molecule has 0 saturated carbocycles. The number of hydrogen-bond donors (Lipinski definition) is 2. The second-order valence-electron chi connectivity index (χ2n) is 3.83. The Balaban J connectivity index is 2.88. The molecule has 0 amide bonds. The van der Waals surface area contributed by atoms with Crippen LogP contribution >= 0.6 is 0 Å². The number of hydrogen-bond acceptors (Lipinski definition) is 4. The third-order valence-electron chi connectivity index (χ3n) is 2.61. The number of hydroxylamine groups is 3. The predicted molar refractivity (Wildman–Crippen MR) is 57.4 cm³/mol. The van der Waals surface area contributed by atoms with Crippen molar-refractivity contribution >= 4 is 12.3 Å². The van der Waals surface area contributed by atoms with E-state index in [9.17, 15) is 15.1 Å². The van der Waals surface area contributed by atoms with Gasteiger partial charge < -0.3 is 15.4 Å². The molecule has 0 fully saturated rings. The lowest BCUT2D eigenvalue weighted by atomic mass is 10.0. The zero-order valence-corrected chi connectivity index (χ0v) is 8.93. The summed E-state index contributed by atoms with van der Waals surface area (Å²) in [6.45, 7) is 3.77. The highest BCUT2D eigenvalue weighted by Crippen LogP contribution is 2.30. The Hall–Kier alpha value is -1.33. The molecule has 1 aliphatic heterocycles. The summed E-state index contributed by atoms with van der Waals surface area (Å²) in [5.41, 5.74) is -1.90. The van der Waals surface area contributed by atoms with Crippen LogP contribution in [0.15, 0.2) is 17.6 Å². The van der Waals surface area contributed by atoms with Crippen molar-refractivity contribution in [2.24, 2.45) is 4.99 Å². The van der Waals surface area contributed by atoms with Crippen LogP contribution in [-0.2, 0) is 4.79 Å². The highest BCUT2D eigenvalue weighted by atomic mass is 16.6. The van der Waals surface area contributed by atoms with Gasteiger partial charge in [-0.3, -0.25) is 4.79 Å². The van der Waals surface area contributed by atoms with Gasteiger partial charge in [-0.25, -0.2) is 0 Å². The first kappa shape index (κ1) is 12.7. The lowest BCUT2D eigenvalue weighted by molar-refractivity contribution is -0.867. The van der Waals surface area contributed by atoms with Crippen molar-refractivity contribution in [3.8, 4) is 0 Å². The number of rotatable bonds is 6. The number of quaternary nitrogens is 1. The SMILES string of the molecule is C=CCCC(O)(CC(=O)O)[N+]1([O-])[C+]=NCC1. The standard InChI is InChI=1S/C10H14N2O4/c1-2-3-4-10(15,7-9(13)14)12(16)6-5-11-8-12/h2,15H,1,3-7H2/p+1. The third kappa shape index (κ3) is 2.43. The summed E-state index contributed by atoms with van der Waals surface area (Å²) in [6, 6.07) is 0. The van der Waals surface area contributed by atoms with Gasteiger partial charge in [-0.2, -0.15) is 0 Å². The average Bonchev–Trinajstić information content (AvgIpc) is 2.63. The van der Waals surface area contributed by atoms with E-state index in [0.29, 0.717) is 6.42 Å². The molecule has 0 aromatic carbocycles. The van der Waals surface area contributed by atoms with Gasteiger partial charge in [0.1, 0.15) is 6.42 Å². The molecule has 0 radical (unpaired) electrons. The van der Waals surface area contributed by atoms with Crippen LogP contribution < -0.4 is 0 Å². The normalized spacial score (nSPS) is 27.1. The molecule has 6 heteroatoms. The van der Waals surface area contributed by atoms with Gasteiger partial charge >= 0.3 is 12.3 Å². The maximum absolute atomic E-state index is 12.2. The molecule has 0 aliphatic carbocycles. The number of aliphatic carboxylic acids is 1. The lowest BCUT2D eigenvalue weighted by Crippen LogP contribution is -2.60. The quantitative estimate of drug-likeness (QED) is 0.296. The molecule has 1 aliphatic rings. The Morgan fingerprint density at radius 1 is 1.75 bits per heavy atom. The highest BCUT2D eigenvalue weighted by Gasteiger charge is 2.56. The predicted octanol–water partition coefficient (Wildman–Crippen LogP) is 0.349. The number of allylic oxidation sites excluding steroid dienone is 1. The number of carboxylic acids is 1. The third-order valence-corrected chi connectivity index (χ3v) is 2.61. The van der Waals surface area contributed by atoms with E-state index in [1.807, 2.05) is 0 Å². The van der Waals surface area contributed by atoms with Crippen molar-refractivity contribution in [3.05, 3.63) is 17.9 Å². The summed E-state index contributed by atoms with van der Waals surface area (Å²) in [5.74, 6) is -1.21. The minimum absolute atomic E-state index is 0.0287. The van der Waals surface area contributed by atoms with E-state index in [1.165, 1.54) is 6.08 Å². The first-order valence-corrected chi connectivity index (χ1v) is 5.01. The van der Waals surface area contributed by atoms with Crippen molar-refractivity contribution in [2.45, 2.75) is 25.0 Å². The first-order valence-electron chi connectivity index (χ1n) is 5.01. The van der Waals surface area contributed by atoms with Crippen LogP contribution in [0.1, 0.15) is 19.3 Å². The molecular weight excluding hydrogens is 212 g/mol. The monoisotopic (exact) mass is 227 g/mol. The Bertz CT molecular complexity index is 318. The fourth-order valence-corrected chi connectivity index (χ4v) is 1.68. The second-order valence-corrected chi connectivity index (χ2v) is 3.83. The van der Waals surface area contributed by atoms with Crippen molar-refractivity contribution in [2.75, 3.05) is 13.1 Å². The number of carbonyl (C=O) groups is 1. The van der Waals surface area contributed by atoms with Crippen LogP contribution in [0.2, 0.25) is 0 Å². The van der Waals surface area contributed by atoms with E-state index in [-0.39, 0.29) is 19.5 Å². The zero-order valence-electron chi connectivity index (χ0n) is 8.93. The van der Waals surface area contributed by atoms with Crippen LogP contribution in [0.25, 0.3) is 0 Å². The Morgan fingerprint density at radius 2 is 2.44 bits per heavy atom. The van der Waals surface area contributed by atoms with Gasteiger partial charge in [0.2, 0.25) is 0 Å². The molecule has 2 unspecified atom stereocenters. The molecule has 16 heavy (non-hydrogen) atoms. The van der Waals surface area contributed by atoms with Gasteiger partial charge in [0.25, 0.3) is 5.72 Å². The molecule has 0 aromatic heterocycles. The van der Waals surface area contributed by atoms with E-state index in [1.54, 1.807) is 0 Å². The number of aliphatic imine (C=N–C) groups is 1. The first-order chi connectivity index (χ1) is 7.43. The van der Waals surface area contributed by atoms with Crippen LogP contribution in [0.3, 0.4) is 0 Å². The van der Waals surface area contributed by atoms with Gasteiger partial charge in [-0.05, 0) is 6.42 Å². The Kier molecular flexibility index (Phi) is 3.72. The Morgan fingerprint density at radius 3 is 2.88 bits per heavy atom. The minimum Gasteiger partial charge on any atom is -0.579 e. The van der Waals surface area contributed by atoms with Gasteiger partial charge in [0.15, 0.2) is 13.1 Å². The molecule has 1 heterocycles. The van der Waals surface area contributed by atoms with Crippen molar-refractivity contribution in [1.82, 2.24) is 0 Å². The topological polar surface area (TPSA) is 93.0 Å². The van der Waals surface area contributed by atoms with Crippen molar-refractivity contribution in [3.63, 3.8) is 0 Å². The Labute approximate surface area is 93.7 Å². The summed E-state index contributed by atoms with van der Waals surface area (Å²) in [6.07, 6.45) is 3.57. The summed E-state index contributed by atoms with van der Waals surface area (Å²) >= 11 is 0. The fraction of sp³-hybridized carbons (Fsp3) is 0.600. The van der Waals surface area contributed by atoms with Crippen LogP contribution in [0.5, 0.6) is 0 Å². The molecular formula is C10H15N2O4+. The average molecular weight is 227 g/mol. The number of aliphatic hydroxyl groups is 1. The largest absolute Gasteiger partial charge is 0.628 e. The summed E-state index contributed by atoms with van der Waals surface area (Å²) in [4.78, 5) is 14.3. The van der Waals surface area contributed by atoms with Crippen molar-refractivity contribution in [1.29, 1.82) is 0 Å². The smallest absolute Gasteiger partial charge is 0.579 e. The molecule has 0 saturated heterocycles. The van der Waals surface area contributed by atoms with Crippen molar-refractivity contribution < 1.29 is 19.7 Å². The molecule has 88 valence electrons. The molecule has 0 aromatic rings. The molecule has 0 bridgehead atoms. The zero-order chi connectivity index (χ0) is 12.2. The van der Waals surface area contributed by atoms with E-state index >= 15 is 0 Å². The molecule has 2 N–H and O–H groups in total. The molecule has 1 rings (SSSR count). The maximum Gasteiger partial charge on any atom is 0.628 e. The summed E-state index contributed by atoms with van der Waals surface area (Å²) < 4.78 is -1.20. The lowest BCUT2D eigenvalue weighted by Gasteiger charge is -2.36. The maximum atomic E-state index is 12.2. The summed E-state index contributed by atoms with van der Waals surface area (Å²) in [7, 11) is 0. The fourth-order valence-electron chi connectivity index (χ4n) is 1.68. The molecule has 6 nitrogen and oxygen atoms in total. The molecule has 2 atom stereocenters. The van der Waals surface area contributed by atoms with E-state index in [4.69, 9.17) is 5.11 Å². The van der Waals surface area contributed by atoms with Gasteiger partial charge in [0.05, 0.1) is 0 Å². The van der Waals surface area contributed by atoms with E-state index in [2.05, 4.69) is 17.9 Å². The van der Waals surface area contributed by atoms with E-state index < -0.39 is 22.8 Å². The van der Waals surface area contributed by atoms with Crippen LogP contribution in [0, 0.1) is 5.21 Å². The molecule has 0 spiro atoms. The van der Waals surface area contributed by atoms with Crippen LogP contribution in [0.4, 0.5) is 0 Å².